The van der Waals surface area contributed by atoms with Gasteiger partial charge in [-0.2, -0.15) is 0 Å². The topological polar surface area (TPSA) is 17.8 Å². The number of halogens is 2. The molecule has 2 aromatic heterocycles. The summed E-state index contributed by atoms with van der Waals surface area (Å²) in [4.78, 5) is 4.09. The largest absolute Gasteiger partial charge is 0.329 e. The number of hydrogen-bond acceptors (Lipinski definition) is 1. The van der Waals surface area contributed by atoms with Gasteiger partial charge in [0.05, 0.1) is 0 Å². The zero-order chi connectivity index (χ0) is 10.4. The highest BCUT2D eigenvalue weighted by Crippen LogP contribution is 2.34. The zero-order valence-electron chi connectivity index (χ0n) is 8.08. The Hall–Kier alpha value is -1.09. The summed E-state index contributed by atoms with van der Waals surface area (Å²) in [7, 11) is 0. The van der Waals surface area contributed by atoms with Crippen molar-refractivity contribution in [1.82, 2.24) is 9.55 Å². The normalized spacial score (nSPS) is 16.9. The van der Waals surface area contributed by atoms with Crippen LogP contribution >= 0.6 is 11.6 Å². The van der Waals surface area contributed by atoms with Crippen molar-refractivity contribution < 1.29 is 4.39 Å². The Morgan fingerprint density at radius 3 is 2.93 bits per heavy atom. The van der Waals surface area contributed by atoms with Gasteiger partial charge in [-0.3, -0.25) is 0 Å². The predicted molar refractivity (Wildman–Crippen MR) is 57.6 cm³/mol. The van der Waals surface area contributed by atoms with Gasteiger partial charge in [-0.15, -0.1) is 0 Å². The van der Waals surface area contributed by atoms with Gasteiger partial charge >= 0.3 is 0 Å². The molecule has 0 spiro atoms. The molecule has 78 valence electrons. The van der Waals surface area contributed by atoms with Crippen LogP contribution in [0.25, 0.3) is 11.0 Å². The van der Waals surface area contributed by atoms with Crippen LogP contribution in [-0.2, 0) is 0 Å². The van der Waals surface area contributed by atoms with E-state index in [1.54, 1.807) is 0 Å². The summed E-state index contributed by atoms with van der Waals surface area (Å²) < 4.78 is 15.3. The van der Waals surface area contributed by atoms with Crippen LogP contribution in [0, 0.1) is 5.82 Å². The summed E-state index contributed by atoms with van der Waals surface area (Å²) in [6, 6.07) is 3.86. The molecule has 2 heterocycles. The maximum absolute atomic E-state index is 13.2. The van der Waals surface area contributed by atoms with E-state index in [1.807, 2.05) is 12.3 Å². The summed E-state index contributed by atoms with van der Waals surface area (Å²) in [6.45, 7) is 0. The maximum atomic E-state index is 13.2. The second kappa shape index (κ2) is 3.20. The Morgan fingerprint density at radius 2 is 2.27 bits per heavy atom. The lowest BCUT2D eigenvalue weighted by Crippen LogP contribution is -2.16. The van der Waals surface area contributed by atoms with E-state index in [9.17, 15) is 4.39 Å². The Bertz CT molecular complexity index is 517. The molecule has 0 radical (unpaired) electrons. The lowest BCUT2D eigenvalue weighted by Gasteiger charge is -2.27. The van der Waals surface area contributed by atoms with Gasteiger partial charge in [0.25, 0.3) is 0 Å². The standard InChI is InChI=1S/C11H10ClFN2/c12-10-9(13)6-7-4-5-15(11(7)14-10)8-2-1-3-8/h4-6,8H,1-3H2. The molecule has 0 N–H and O–H groups in total. The molecule has 2 aromatic rings. The molecule has 0 aliphatic heterocycles. The number of aromatic nitrogens is 2. The van der Waals surface area contributed by atoms with Crippen LogP contribution in [0.2, 0.25) is 5.15 Å². The third-order valence-electron chi connectivity index (χ3n) is 3.07. The summed E-state index contributed by atoms with van der Waals surface area (Å²) in [6.07, 6.45) is 5.59. The van der Waals surface area contributed by atoms with Crippen molar-refractivity contribution in [3.05, 3.63) is 29.3 Å². The van der Waals surface area contributed by atoms with Crippen molar-refractivity contribution in [2.24, 2.45) is 0 Å². The molecule has 0 bridgehead atoms. The van der Waals surface area contributed by atoms with Crippen LogP contribution in [-0.4, -0.2) is 9.55 Å². The monoisotopic (exact) mass is 224 g/mol. The predicted octanol–water partition coefficient (Wildman–Crippen LogP) is 3.55. The van der Waals surface area contributed by atoms with E-state index in [0.717, 1.165) is 11.0 Å². The first kappa shape index (κ1) is 9.16. The lowest BCUT2D eigenvalue weighted by molar-refractivity contribution is 0.320. The van der Waals surface area contributed by atoms with Gasteiger partial charge < -0.3 is 4.57 Å². The Labute approximate surface area is 91.7 Å². The number of hydrogen-bond donors (Lipinski definition) is 0. The van der Waals surface area contributed by atoms with Gasteiger partial charge in [-0.25, -0.2) is 9.37 Å². The first-order chi connectivity index (χ1) is 7.25. The molecule has 4 heteroatoms. The average molecular weight is 225 g/mol. The number of fused-ring (bicyclic) bond motifs is 1. The average Bonchev–Trinajstić information content (AvgIpc) is 2.48. The Kier molecular flexibility index (Phi) is 1.96. The van der Waals surface area contributed by atoms with E-state index in [0.29, 0.717) is 6.04 Å². The van der Waals surface area contributed by atoms with E-state index in [4.69, 9.17) is 11.6 Å². The molecule has 2 nitrogen and oxygen atoms in total. The summed E-state index contributed by atoms with van der Waals surface area (Å²) in [5.74, 6) is -0.449. The summed E-state index contributed by atoms with van der Waals surface area (Å²) in [5.41, 5.74) is 0.797. The van der Waals surface area contributed by atoms with E-state index in [-0.39, 0.29) is 5.15 Å². The summed E-state index contributed by atoms with van der Waals surface area (Å²) >= 11 is 5.68. The van der Waals surface area contributed by atoms with E-state index >= 15 is 0 Å². The van der Waals surface area contributed by atoms with E-state index in [1.165, 1.54) is 25.3 Å². The number of nitrogens with zero attached hydrogens (tertiary/aromatic N) is 2. The molecule has 0 atom stereocenters. The van der Waals surface area contributed by atoms with Crippen molar-refractivity contribution >= 4 is 22.6 Å². The fraction of sp³-hybridized carbons (Fsp3) is 0.364. The fourth-order valence-electron chi connectivity index (χ4n) is 1.99. The molecular weight excluding hydrogens is 215 g/mol. The second-order valence-electron chi connectivity index (χ2n) is 3.98. The quantitative estimate of drug-likeness (QED) is 0.678. The molecule has 0 saturated heterocycles. The molecule has 1 aliphatic rings. The molecule has 3 rings (SSSR count). The minimum absolute atomic E-state index is 0.0400. The third kappa shape index (κ3) is 1.34. The van der Waals surface area contributed by atoms with Crippen LogP contribution in [0.1, 0.15) is 25.3 Å². The highest BCUT2D eigenvalue weighted by Gasteiger charge is 2.21. The van der Waals surface area contributed by atoms with E-state index < -0.39 is 5.82 Å². The molecule has 1 aliphatic carbocycles. The second-order valence-corrected chi connectivity index (χ2v) is 4.34. The van der Waals surface area contributed by atoms with Crippen LogP contribution < -0.4 is 0 Å². The summed E-state index contributed by atoms with van der Waals surface area (Å²) in [5, 5.41) is 0.783. The van der Waals surface area contributed by atoms with Crippen molar-refractivity contribution in [2.45, 2.75) is 25.3 Å². The zero-order valence-corrected chi connectivity index (χ0v) is 8.84. The van der Waals surface area contributed by atoms with Gasteiger partial charge in [-0.05, 0) is 31.4 Å². The Balaban J connectivity index is 2.19. The number of pyridine rings is 1. The molecule has 1 fully saturated rings. The van der Waals surface area contributed by atoms with Crippen LogP contribution in [0.4, 0.5) is 4.39 Å². The smallest absolute Gasteiger partial charge is 0.167 e. The highest BCUT2D eigenvalue weighted by molar-refractivity contribution is 6.29. The maximum Gasteiger partial charge on any atom is 0.167 e. The van der Waals surface area contributed by atoms with Gasteiger partial charge in [0.2, 0.25) is 0 Å². The molecule has 15 heavy (non-hydrogen) atoms. The SMILES string of the molecule is Fc1cc2ccn(C3CCC3)c2nc1Cl. The van der Waals surface area contributed by atoms with Gasteiger partial charge in [0.15, 0.2) is 11.0 Å². The lowest BCUT2D eigenvalue weighted by atomic mass is 9.93. The van der Waals surface area contributed by atoms with Crippen molar-refractivity contribution in [3.63, 3.8) is 0 Å². The molecule has 0 aromatic carbocycles. The van der Waals surface area contributed by atoms with Crippen molar-refractivity contribution in [3.8, 4) is 0 Å². The Morgan fingerprint density at radius 1 is 1.47 bits per heavy atom. The molecule has 1 saturated carbocycles. The van der Waals surface area contributed by atoms with E-state index in [2.05, 4.69) is 9.55 Å². The van der Waals surface area contributed by atoms with Crippen LogP contribution in [0.3, 0.4) is 0 Å². The highest BCUT2D eigenvalue weighted by atomic mass is 35.5. The van der Waals surface area contributed by atoms with Gasteiger partial charge in [0, 0.05) is 17.6 Å². The molecule has 0 amide bonds. The van der Waals surface area contributed by atoms with Crippen molar-refractivity contribution in [1.29, 1.82) is 0 Å². The first-order valence-electron chi connectivity index (χ1n) is 5.08. The minimum atomic E-state index is -0.449. The van der Waals surface area contributed by atoms with Gasteiger partial charge in [0.1, 0.15) is 5.65 Å². The van der Waals surface area contributed by atoms with Crippen LogP contribution in [0.5, 0.6) is 0 Å². The molecular formula is C11H10ClFN2. The fourth-order valence-corrected chi connectivity index (χ4v) is 2.13. The first-order valence-corrected chi connectivity index (χ1v) is 5.46. The molecule has 0 unspecified atom stereocenters. The van der Waals surface area contributed by atoms with Crippen LogP contribution in [0.15, 0.2) is 18.3 Å². The minimum Gasteiger partial charge on any atom is -0.329 e. The van der Waals surface area contributed by atoms with Crippen molar-refractivity contribution in [2.75, 3.05) is 0 Å². The third-order valence-corrected chi connectivity index (χ3v) is 3.33. The van der Waals surface area contributed by atoms with Gasteiger partial charge in [-0.1, -0.05) is 11.6 Å². The number of rotatable bonds is 1.